The van der Waals surface area contributed by atoms with Crippen LogP contribution in [0.5, 0.6) is 0 Å². The van der Waals surface area contributed by atoms with Gasteiger partial charge in [-0.2, -0.15) is 11.8 Å². The van der Waals surface area contributed by atoms with Crippen LogP contribution in [0.4, 0.5) is 0 Å². The minimum atomic E-state index is -0.654. The van der Waals surface area contributed by atoms with Gasteiger partial charge in [0, 0.05) is 24.1 Å². The van der Waals surface area contributed by atoms with Gasteiger partial charge in [0.15, 0.2) is 0 Å². The van der Waals surface area contributed by atoms with Crippen LogP contribution in [0, 0.1) is 5.92 Å². The van der Waals surface area contributed by atoms with Gasteiger partial charge in [0.2, 0.25) is 0 Å². The summed E-state index contributed by atoms with van der Waals surface area (Å²) >= 11 is 1.89. The molecule has 0 aromatic heterocycles. The number of carboxylic acid groups (broad SMARTS) is 1. The van der Waals surface area contributed by atoms with Crippen LogP contribution in [0.3, 0.4) is 0 Å². The molecule has 0 bridgehead atoms. The predicted octanol–water partition coefficient (Wildman–Crippen LogP) is 1.68. The second-order valence-electron chi connectivity index (χ2n) is 4.59. The van der Waals surface area contributed by atoms with E-state index in [4.69, 9.17) is 5.11 Å². The van der Waals surface area contributed by atoms with Crippen LogP contribution in [0.2, 0.25) is 0 Å². The van der Waals surface area contributed by atoms with Crippen molar-refractivity contribution >= 4 is 17.7 Å². The quantitative estimate of drug-likeness (QED) is 0.778. The molecule has 1 aliphatic carbocycles. The Balaban J connectivity index is 1.78. The van der Waals surface area contributed by atoms with Crippen molar-refractivity contribution in [3.8, 4) is 0 Å². The highest BCUT2D eigenvalue weighted by Crippen LogP contribution is 2.33. The van der Waals surface area contributed by atoms with Gasteiger partial charge in [-0.05, 0) is 18.9 Å². The number of hydrogen-bond donors (Lipinski definition) is 1. The summed E-state index contributed by atoms with van der Waals surface area (Å²) in [5.74, 6) is 2.46. The molecule has 0 spiro atoms. The van der Waals surface area contributed by atoms with Crippen LogP contribution < -0.4 is 0 Å². The number of carboxylic acids is 1. The number of thioether (sulfide) groups is 1. The third-order valence-corrected chi connectivity index (χ3v) is 4.37. The van der Waals surface area contributed by atoms with Gasteiger partial charge >= 0.3 is 5.97 Å². The molecule has 2 aliphatic rings. The van der Waals surface area contributed by atoms with Crippen LogP contribution in [0.1, 0.15) is 25.7 Å². The summed E-state index contributed by atoms with van der Waals surface area (Å²) in [6, 6.07) is 0.278. The molecule has 1 aliphatic heterocycles. The SMILES string of the molecule is O=C(O)CC1CSCCN1CCC1CC1. The predicted molar refractivity (Wildman–Crippen MR) is 62.3 cm³/mol. The lowest BCUT2D eigenvalue weighted by Gasteiger charge is -2.34. The Morgan fingerprint density at radius 3 is 2.93 bits per heavy atom. The minimum absolute atomic E-state index is 0.278. The zero-order chi connectivity index (χ0) is 10.7. The van der Waals surface area contributed by atoms with Crippen LogP contribution >= 0.6 is 11.8 Å². The van der Waals surface area contributed by atoms with Gasteiger partial charge in [0.25, 0.3) is 0 Å². The third-order valence-electron chi connectivity index (χ3n) is 3.28. The molecular weight excluding hydrogens is 210 g/mol. The zero-order valence-electron chi connectivity index (χ0n) is 9.02. The molecule has 1 saturated heterocycles. The van der Waals surface area contributed by atoms with E-state index < -0.39 is 5.97 Å². The van der Waals surface area contributed by atoms with E-state index in [-0.39, 0.29) is 6.04 Å². The summed E-state index contributed by atoms with van der Waals surface area (Å²) in [4.78, 5) is 13.1. The average Bonchev–Trinajstić information content (AvgIpc) is 2.99. The fraction of sp³-hybridized carbons (Fsp3) is 0.909. The maximum atomic E-state index is 10.7. The Morgan fingerprint density at radius 2 is 2.27 bits per heavy atom. The van der Waals surface area contributed by atoms with Crippen molar-refractivity contribution in [1.82, 2.24) is 4.90 Å². The summed E-state index contributed by atoms with van der Waals surface area (Å²) in [5.41, 5.74) is 0. The molecule has 1 unspecified atom stereocenters. The second-order valence-corrected chi connectivity index (χ2v) is 5.74. The molecule has 1 heterocycles. The Morgan fingerprint density at radius 1 is 1.47 bits per heavy atom. The lowest BCUT2D eigenvalue weighted by Crippen LogP contribution is -2.44. The zero-order valence-corrected chi connectivity index (χ0v) is 9.84. The largest absolute Gasteiger partial charge is 0.481 e. The van der Waals surface area contributed by atoms with Crippen molar-refractivity contribution < 1.29 is 9.90 Å². The van der Waals surface area contributed by atoms with Gasteiger partial charge in [-0.3, -0.25) is 9.69 Å². The van der Waals surface area contributed by atoms with Crippen molar-refractivity contribution in [3.05, 3.63) is 0 Å². The van der Waals surface area contributed by atoms with Crippen LogP contribution in [0.25, 0.3) is 0 Å². The van der Waals surface area contributed by atoms with Gasteiger partial charge in [-0.1, -0.05) is 12.8 Å². The third kappa shape index (κ3) is 3.68. The van der Waals surface area contributed by atoms with Gasteiger partial charge < -0.3 is 5.11 Å². The van der Waals surface area contributed by atoms with Gasteiger partial charge in [-0.25, -0.2) is 0 Å². The smallest absolute Gasteiger partial charge is 0.304 e. The summed E-state index contributed by atoms with van der Waals surface area (Å²) in [7, 11) is 0. The van der Waals surface area contributed by atoms with E-state index in [1.54, 1.807) is 0 Å². The Hall–Kier alpha value is -0.220. The van der Waals surface area contributed by atoms with Crippen LogP contribution in [0.15, 0.2) is 0 Å². The van der Waals surface area contributed by atoms with E-state index in [0.717, 1.165) is 24.8 Å². The molecule has 2 rings (SSSR count). The van der Waals surface area contributed by atoms with E-state index in [0.29, 0.717) is 6.42 Å². The minimum Gasteiger partial charge on any atom is -0.481 e. The summed E-state index contributed by atoms with van der Waals surface area (Å²) in [6.45, 7) is 2.19. The number of rotatable bonds is 5. The number of nitrogens with zero attached hydrogens (tertiary/aromatic N) is 1. The van der Waals surface area contributed by atoms with Crippen LogP contribution in [-0.2, 0) is 4.79 Å². The van der Waals surface area contributed by atoms with Gasteiger partial charge in [-0.15, -0.1) is 0 Å². The van der Waals surface area contributed by atoms with Gasteiger partial charge in [0.1, 0.15) is 0 Å². The van der Waals surface area contributed by atoms with E-state index in [2.05, 4.69) is 4.90 Å². The van der Waals surface area contributed by atoms with Crippen molar-refractivity contribution in [3.63, 3.8) is 0 Å². The monoisotopic (exact) mass is 229 g/mol. The Bertz CT molecular complexity index is 231. The van der Waals surface area contributed by atoms with E-state index in [1.807, 2.05) is 11.8 Å². The molecule has 0 aromatic carbocycles. The lowest BCUT2D eigenvalue weighted by atomic mass is 10.1. The molecule has 4 heteroatoms. The van der Waals surface area contributed by atoms with E-state index in [9.17, 15) is 4.79 Å². The molecule has 1 N–H and O–H groups in total. The van der Waals surface area contributed by atoms with E-state index in [1.165, 1.54) is 25.0 Å². The van der Waals surface area contributed by atoms with Crippen molar-refractivity contribution in [2.24, 2.45) is 5.92 Å². The molecule has 86 valence electrons. The molecule has 15 heavy (non-hydrogen) atoms. The average molecular weight is 229 g/mol. The molecule has 2 fully saturated rings. The maximum absolute atomic E-state index is 10.7. The highest BCUT2D eigenvalue weighted by Gasteiger charge is 2.27. The molecule has 3 nitrogen and oxygen atoms in total. The fourth-order valence-electron chi connectivity index (χ4n) is 2.13. The first-order valence-corrected chi connectivity index (χ1v) is 6.95. The number of hydrogen-bond acceptors (Lipinski definition) is 3. The molecule has 1 atom stereocenters. The Labute approximate surface area is 95.2 Å². The number of carbonyl (C=O) groups is 1. The molecular formula is C11H19NO2S. The molecule has 0 aromatic rings. The summed E-state index contributed by atoms with van der Waals surface area (Å²) in [6.07, 6.45) is 4.39. The first kappa shape index (κ1) is 11.3. The van der Waals surface area contributed by atoms with Crippen molar-refractivity contribution in [2.75, 3.05) is 24.6 Å². The summed E-state index contributed by atoms with van der Waals surface area (Å²) in [5, 5.41) is 8.84. The maximum Gasteiger partial charge on any atom is 0.304 e. The topological polar surface area (TPSA) is 40.5 Å². The highest BCUT2D eigenvalue weighted by atomic mass is 32.2. The van der Waals surface area contributed by atoms with E-state index >= 15 is 0 Å². The van der Waals surface area contributed by atoms with Gasteiger partial charge in [0.05, 0.1) is 6.42 Å². The first-order chi connectivity index (χ1) is 7.25. The van der Waals surface area contributed by atoms with Crippen molar-refractivity contribution in [2.45, 2.75) is 31.7 Å². The highest BCUT2D eigenvalue weighted by molar-refractivity contribution is 7.99. The second kappa shape index (κ2) is 5.21. The summed E-state index contributed by atoms with van der Waals surface area (Å²) < 4.78 is 0. The molecule has 0 amide bonds. The standard InChI is InChI=1S/C11H19NO2S/c13-11(14)7-10-8-15-6-5-12(10)4-3-9-1-2-9/h9-10H,1-8H2,(H,13,14). The molecule has 0 radical (unpaired) electrons. The van der Waals surface area contributed by atoms with Crippen LogP contribution in [-0.4, -0.2) is 46.6 Å². The fourth-order valence-corrected chi connectivity index (χ4v) is 3.26. The first-order valence-electron chi connectivity index (χ1n) is 5.79. The Kier molecular flexibility index (Phi) is 3.92. The molecule has 1 saturated carbocycles. The number of aliphatic carboxylic acids is 1. The normalized spacial score (nSPS) is 27.9. The lowest BCUT2D eigenvalue weighted by molar-refractivity contribution is -0.138. The van der Waals surface area contributed by atoms with Crippen molar-refractivity contribution in [1.29, 1.82) is 0 Å².